The smallest absolute Gasteiger partial charge is 0.436 e. The van der Waals surface area contributed by atoms with Gasteiger partial charge in [-0.2, -0.15) is 18.3 Å². The van der Waals surface area contributed by atoms with Crippen molar-refractivity contribution >= 4 is 11.9 Å². The van der Waals surface area contributed by atoms with Gasteiger partial charge in [0.2, 0.25) is 5.91 Å². The average molecular weight is 320 g/mol. The first-order chi connectivity index (χ1) is 10.3. The monoisotopic (exact) mass is 320 g/mol. The first-order valence-corrected chi connectivity index (χ1v) is 6.62. The van der Waals surface area contributed by atoms with E-state index in [-0.39, 0.29) is 25.7 Å². The Balaban J connectivity index is 2.22. The summed E-state index contributed by atoms with van der Waals surface area (Å²) in [5.41, 5.74) is -1.91. The van der Waals surface area contributed by atoms with Crippen LogP contribution in [0, 0.1) is 0 Å². The summed E-state index contributed by atoms with van der Waals surface area (Å²) in [5.74, 6) is -1.28. The van der Waals surface area contributed by atoms with E-state index in [1.807, 2.05) is 0 Å². The van der Waals surface area contributed by atoms with Gasteiger partial charge in [0.05, 0.1) is 19.8 Å². The Morgan fingerprint density at radius 2 is 2.23 bits per heavy atom. The maximum atomic E-state index is 12.9. The van der Waals surface area contributed by atoms with Crippen molar-refractivity contribution < 1.29 is 27.5 Å². The zero-order valence-corrected chi connectivity index (χ0v) is 11.8. The number of alkyl halides is 3. The number of halogens is 3. The second kappa shape index (κ2) is 6.34. The van der Waals surface area contributed by atoms with E-state index in [4.69, 9.17) is 0 Å². The Morgan fingerprint density at radius 3 is 2.82 bits per heavy atom. The van der Waals surface area contributed by atoms with Crippen LogP contribution in [-0.2, 0) is 22.4 Å². The third-order valence-electron chi connectivity index (χ3n) is 2.99. The molecule has 2 rings (SSSR count). The molecule has 1 aliphatic heterocycles. The van der Waals surface area contributed by atoms with Gasteiger partial charge in [0.25, 0.3) is 0 Å². The number of nitrogens with one attached hydrogen (secondary N) is 1. The number of rotatable bonds is 4. The van der Waals surface area contributed by atoms with Gasteiger partial charge in [-0.05, 0) is 6.92 Å². The Morgan fingerprint density at radius 1 is 1.50 bits per heavy atom. The zero-order chi connectivity index (χ0) is 16.3. The van der Waals surface area contributed by atoms with E-state index in [1.54, 1.807) is 4.90 Å². The first kappa shape index (κ1) is 16.3. The molecule has 0 unspecified atom stereocenters. The number of amides is 1. The molecule has 0 spiro atoms. The predicted molar refractivity (Wildman–Crippen MR) is 67.8 cm³/mol. The molecule has 0 aliphatic carbocycles. The van der Waals surface area contributed by atoms with Gasteiger partial charge < -0.3 is 10.1 Å². The van der Waals surface area contributed by atoms with E-state index in [1.165, 1.54) is 6.92 Å². The fraction of sp³-hybridized carbons (Fsp3) is 0.583. The summed E-state index contributed by atoms with van der Waals surface area (Å²) in [6, 6.07) is 0. The Kier molecular flexibility index (Phi) is 4.69. The van der Waals surface area contributed by atoms with Crippen molar-refractivity contribution in [2.45, 2.75) is 19.8 Å². The summed E-state index contributed by atoms with van der Waals surface area (Å²) in [6.07, 6.45) is -3.76. The number of carbonyl (C=O) groups is 2. The molecule has 0 radical (unpaired) electrons. The van der Waals surface area contributed by atoms with Crippen LogP contribution in [0.1, 0.15) is 23.0 Å². The van der Waals surface area contributed by atoms with Crippen LogP contribution in [0.2, 0.25) is 0 Å². The van der Waals surface area contributed by atoms with Gasteiger partial charge in [0.15, 0.2) is 5.69 Å². The molecule has 0 saturated carbocycles. The molecule has 1 fully saturated rings. The van der Waals surface area contributed by atoms with Gasteiger partial charge in [0, 0.05) is 19.3 Å². The maximum Gasteiger partial charge on any atom is 0.436 e. The van der Waals surface area contributed by atoms with Crippen molar-refractivity contribution in [2.24, 2.45) is 0 Å². The van der Waals surface area contributed by atoms with E-state index in [9.17, 15) is 22.8 Å². The van der Waals surface area contributed by atoms with Gasteiger partial charge in [-0.3, -0.25) is 14.4 Å². The second-order valence-electron chi connectivity index (χ2n) is 4.69. The fourth-order valence-electron chi connectivity index (χ4n) is 2.08. The molecule has 1 aromatic rings. The lowest BCUT2D eigenvalue weighted by Crippen LogP contribution is -2.48. The van der Waals surface area contributed by atoms with Crippen LogP contribution >= 0.6 is 0 Å². The minimum atomic E-state index is -4.76. The molecule has 1 amide bonds. The molecular formula is C12H15F3N4O3. The topological polar surface area (TPSA) is 76.5 Å². The molecule has 0 atom stereocenters. The summed E-state index contributed by atoms with van der Waals surface area (Å²) in [5, 5.41) is 6.03. The molecular weight excluding hydrogens is 305 g/mol. The molecule has 1 N–H and O–H groups in total. The Labute approximate surface area is 124 Å². The highest BCUT2D eigenvalue weighted by Crippen LogP contribution is 2.31. The fourth-order valence-corrected chi connectivity index (χ4v) is 2.08. The van der Waals surface area contributed by atoms with Crippen molar-refractivity contribution in [1.29, 1.82) is 0 Å². The number of esters is 1. The van der Waals surface area contributed by atoms with Crippen molar-refractivity contribution in [1.82, 2.24) is 20.0 Å². The molecule has 0 aromatic carbocycles. The summed E-state index contributed by atoms with van der Waals surface area (Å²) in [4.78, 5) is 24.5. The number of ether oxygens (including phenoxy) is 1. The van der Waals surface area contributed by atoms with Crippen LogP contribution in [-0.4, -0.2) is 52.8 Å². The van der Waals surface area contributed by atoms with Gasteiger partial charge in [-0.15, -0.1) is 0 Å². The molecule has 1 aromatic heterocycles. The summed E-state index contributed by atoms with van der Waals surface area (Å²) in [7, 11) is 0. The minimum absolute atomic E-state index is 0.0180. The molecule has 7 nitrogen and oxygen atoms in total. The SMILES string of the molecule is CCOC(=O)c1cn(CN2CCNC(=O)C2)nc1C(F)(F)F. The van der Waals surface area contributed by atoms with Crippen LogP contribution in [0.4, 0.5) is 13.2 Å². The number of nitrogens with zero attached hydrogens (tertiary/aromatic N) is 3. The Hall–Kier alpha value is -2.10. The average Bonchev–Trinajstić information content (AvgIpc) is 2.83. The highest BCUT2D eigenvalue weighted by molar-refractivity contribution is 5.90. The second-order valence-corrected chi connectivity index (χ2v) is 4.69. The molecule has 2 heterocycles. The number of carbonyl (C=O) groups excluding carboxylic acids is 2. The number of hydrogen-bond acceptors (Lipinski definition) is 5. The van der Waals surface area contributed by atoms with Gasteiger partial charge in [0.1, 0.15) is 5.56 Å². The number of hydrogen-bond donors (Lipinski definition) is 1. The molecule has 22 heavy (non-hydrogen) atoms. The molecule has 1 aliphatic rings. The lowest BCUT2D eigenvalue weighted by Gasteiger charge is -2.26. The van der Waals surface area contributed by atoms with Gasteiger partial charge >= 0.3 is 12.1 Å². The van der Waals surface area contributed by atoms with Crippen LogP contribution in [0.5, 0.6) is 0 Å². The first-order valence-electron chi connectivity index (χ1n) is 6.62. The summed E-state index contributed by atoms with van der Waals surface area (Å²) in [6.45, 7) is 2.42. The number of aromatic nitrogens is 2. The third-order valence-corrected chi connectivity index (χ3v) is 2.99. The molecule has 0 bridgehead atoms. The van der Waals surface area contributed by atoms with E-state index < -0.39 is 23.4 Å². The van der Waals surface area contributed by atoms with E-state index >= 15 is 0 Å². The molecule has 10 heteroatoms. The van der Waals surface area contributed by atoms with E-state index in [0.717, 1.165) is 10.9 Å². The van der Waals surface area contributed by atoms with Crippen molar-refractivity contribution in [3.05, 3.63) is 17.5 Å². The van der Waals surface area contributed by atoms with Crippen LogP contribution in [0.25, 0.3) is 0 Å². The lowest BCUT2D eigenvalue weighted by molar-refractivity contribution is -0.142. The van der Waals surface area contributed by atoms with Crippen molar-refractivity contribution in [2.75, 3.05) is 26.2 Å². The normalized spacial score (nSPS) is 16.5. The zero-order valence-electron chi connectivity index (χ0n) is 11.8. The predicted octanol–water partition coefficient (Wildman–Crippen LogP) is 0.468. The largest absolute Gasteiger partial charge is 0.462 e. The molecule has 1 saturated heterocycles. The van der Waals surface area contributed by atoms with Crippen LogP contribution in [0.15, 0.2) is 6.20 Å². The standard InChI is InChI=1S/C12H15F3N4O3/c1-2-22-11(21)8-5-19(17-10(8)12(13,14)15)7-18-4-3-16-9(20)6-18/h5H,2-4,6-7H2,1H3,(H,16,20). The highest BCUT2D eigenvalue weighted by Gasteiger charge is 2.39. The quantitative estimate of drug-likeness (QED) is 0.816. The van der Waals surface area contributed by atoms with Gasteiger partial charge in [-0.25, -0.2) is 4.79 Å². The van der Waals surface area contributed by atoms with Crippen LogP contribution < -0.4 is 5.32 Å². The van der Waals surface area contributed by atoms with Crippen LogP contribution in [0.3, 0.4) is 0 Å². The third kappa shape index (κ3) is 3.75. The van der Waals surface area contributed by atoms with Crippen molar-refractivity contribution in [3.8, 4) is 0 Å². The van der Waals surface area contributed by atoms with Gasteiger partial charge in [-0.1, -0.05) is 0 Å². The van der Waals surface area contributed by atoms with Crippen molar-refractivity contribution in [3.63, 3.8) is 0 Å². The summed E-state index contributed by atoms with van der Waals surface area (Å²) >= 11 is 0. The molecule has 122 valence electrons. The summed E-state index contributed by atoms with van der Waals surface area (Å²) < 4.78 is 44.4. The number of piperazine rings is 1. The maximum absolute atomic E-state index is 12.9. The van der Waals surface area contributed by atoms with E-state index in [2.05, 4.69) is 15.2 Å². The lowest BCUT2D eigenvalue weighted by atomic mass is 10.2. The minimum Gasteiger partial charge on any atom is -0.462 e. The highest BCUT2D eigenvalue weighted by atomic mass is 19.4. The van der Waals surface area contributed by atoms with E-state index in [0.29, 0.717) is 13.1 Å². The Bertz CT molecular complexity index is 570.